The zero-order valence-corrected chi connectivity index (χ0v) is 19.7. The molecule has 0 fully saturated rings. The zero-order valence-electron chi connectivity index (χ0n) is 18.9. The second-order valence-corrected chi connectivity index (χ2v) is 8.52. The van der Waals surface area contributed by atoms with Crippen LogP contribution in [0.4, 0.5) is 29.5 Å². The molecule has 0 spiro atoms. The average Bonchev–Trinajstić information content (AvgIpc) is 3.46. The van der Waals surface area contributed by atoms with E-state index < -0.39 is 44.1 Å². The number of amides is 1. The molecule has 0 bridgehead atoms. The minimum absolute atomic E-state index is 0.0465. The van der Waals surface area contributed by atoms with Gasteiger partial charge in [0.25, 0.3) is 0 Å². The van der Waals surface area contributed by atoms with Crippen molar-refractivity contribution in [3.8, 4) is 5.69 Å². The fourth-order valence-corrected chi connectivity index (χ4v) is 4.75. The van der Waals surface area contributed by atoms with Crippen LogP contribution in [-0.2, 0) is 20.5 Å². The number of para-hydroxylation sites is 1. The van der Waals surface area contributed by atoms with Gasteiger partial charge in [-0.25, -0.2) is 4.79 Å². The minimum Gasteiger partial charge on any atom is -0.459 e. The van der Waals surface area contributed by atoms with E-state index in [1.165, 1.54) is 25.1 Å². The third kappa shape index (κ3) is 4.68. The summed E-state index contributed by atoms with van der Waals surface area (Å²) in [6.45, 7) is 1.11. The van der Waals surface area contributed by atoms with Crippen molar-refractivity contribution in [3.63, 3.8) is 0 Å². The highest BCUT2D eigenvalue weighted by atomic mass is 32.1. The standard InChI is InChI=1S/C24H16F3N3O6S/c1-2-36-23(33)21(32)29(20-19(24(25,26)27)18(13-31)37-22(20)30(34)35)16-9-8-14-10-11-28(17(14)12-16)15-6-4-3-5-7-15/h3-13H,2H2,1H3. The van der Waals surface area contributed by atoms with Gasteiger partial charge in [-0.05, 0) is 37.3 Å². The van der Waals surface area contributed by atoms with Crippen molar-refractivity contribution in [2.24, 2.45) is 0 Å². The van der Waals surface area contributed by atoms with E-state index in [0.29, 0.717) is 16.6 Å². The van der Waals surface area contributed by atoms with Crippen LogP contribution in [0.25, 0.3) is 16.6 Å². The van der Waals surface area contributed by atoms with Crippen LogP contribution in [0.1, 0.15) is 22.2 Å². The van der Waals surface area contributed by atoms with Crippen LogP contribution in [0.3, 0.4) is 0 Å². The molecule has 2 heterocycles. The van der Waals surface area contributed by atoms with Crippen molar-refractivity contribution in [2.75, 3.05) is 11.5 Å². The number of esters is 1. The van der Waals surface area contributed by atoms with Crippen LogP contribution in [0.2, 0.25) is 0 Å². The predicted molar refractivity (Wildman–Crippen MR) is 128 cm³/mol. The molecule has 0 atom stereocenters. The smallest absolute Gasteiger partial charge is 0.420 e. The minimum atomic E-state index is -5.27. The SMILES string of the molecule is CCOC(=O)C(=O)N(c1ccc2ccn(-c3ccccc3)c2c1)c1c([N+](=O)[O-])sc(C=O)c1C(F)(F)F. The number of hydrogen-bond donors (Lipinski definition) is 0. The van der Waals surface area contributed by atoms with Crippen molar-refractivity contribution in [1.29, 1.82) is 0 Å². The molecule has 0 unspecified atom stereocenters. The molecule has 0 saturated heterocycles. The largest absolute Gasteiger partial charge is 0.459 e. The van der Waals surface area contributed by atoms with Crippen LogP contribution in [-0.4, -0.2) is 34.3 Å². The number of thiophene rings is 1. The summed E-state index contributed by atoms with van der Waals surface area (Å²) in [6, 6.07) is 14.7. The highest BCUT2D eigenvalue weighted by Crippen LogP contribution is 2.51. The number of anilines is 2. The molecule has 1 amide bonds. The van der Waals surface area contributed by atoms with Crippen LogP contribution in [0, 0.1) is 10.1 Å². The maximum atomic E-state index is 14.1. The number of alkyl halides is 3. The summed E-state index contributed by atoms with van der Waals surface area (Å²) in [5, 5.41) is 11.3. The molecule has 4 aromatic rings. The second-order valence-electron chi connectivity index (χ2n) is 7.49. The number of carbonyl (C=O) groups is 3. The third-order valence-corrected chi connectivity index (χ3v) is 6.35. The molecule has 2 aromatic heterocycles. The van der Waals surface area contributed by atoms with E-state index in [0.717, 1.165) is 0 Å². The molecule has 9 nitrogen and oxygen atoms in total. The molecule has 13 heteroatoms. The molecular formula is C24H16F3N3O6S. The highest BCUT2D eigenvalue weighted by molar-refractivity contribution is 7.17. The summed E-state index contributed by atoms with van der Waals surface area (Å²) in [4.78, 5) is 47.0. The number of benzene rings is 2. The molecule has 2 aromatic carbocycles. The lowest BCUT2D eigenvalue weighted by atomic mass is 10.1. The third-order valence-electron chi connectivity index (χ3n) is 5.29. The van der Waals surface area contributed by atoms with E-state index in [1.807, 2.05) is 0 Å². The van der Waals surface area contributed by atoms with Gasteiger partial charge < -0.3 is 9.30 Å². The summed E-state index contributed by atoms with van der Waals surface area (Å²) >= 11 is -0.0465. The van der Waals surface area contributed by atoms with E-state index in [-0.39, 0.29) is 34.8 Å². The Hall–Kier alpha value is -4.52. The first-order valence-electron chi connectivity index (χ1n) is 10.6. The van der Waals surface area contributed by atoms with Gasteiger partial charge in [0.15, 0.2) is 12.0 Å². The first-order valence-corrected chi connectivity index (χ1v) is 11.4. The lowest BCUT2D eigenvalue weighted by Gasteiger charge is -2.23. The maximum absolute atomic E-state index is 14.1. The van der Waals surface area contributed by atoms with E-state index in [4.69, 9.17) is 4.74 Å². The first kappa shape index (κ1) is 25.6. The van der Waals surface area contributed by atoms with Gasteiger partial charge in [0.05, 0.1) is 27.6 Å². The molecule has 0 aliphatic carbocycles. The van der Waals surface area contributed by atoms with Crippen LogP contribution in [0.15, 0.2) is 60.8 Å². The molecule has 0 N–H and O–H groups in total. The number of aldehydes is 1. The number of fused-ring (bicyclic) bond motifs is 1. The molecule has 37 heavy (non-hydrogen) atoms. The second kappa shape index (κ2) is 9.85. The average molecular weight is 531 g/mol. The fraction of sp³-hybridized carbons (Fsp3) is 0.125. The quantitative estimate of drug-likeness (QED) is 0.104. The summed E-state index contributed by atoms with van der Waals surface area (Å²) < 4.78 is 48.7. The molecule has 0 radical (unpaired) electrons. The van der Waals surface area contributed by atoms with Gasteiger partial charge in [0, 0.05) is 17.3 Å². The summed E-state index contributed by atoms with van der Waals surface area (Å²) in [5.74, 6) is -3.12. The molecule has 190 valence electrons. The normalized spacial score (nSPS) is 11.4. The number of halogens is 3. The monoisotopic (exact) mass is 531 g/mol. The molecule has 0 aliphatic heterocycles. The molecule has 0 aliphatic rings. The molecule has 0 saturated carbocycles. The molecular weight excluding hydrogens is 515 g/mol. The number of nitro groups is 1. The number of carbonyl (C=O) groups excluding carboxylic acids is 3. The summed E-state index contributed by atoms with van der Waals surface area (Å²) in [5.41, 5.74) is -2.08. The van der Waals surface area contributed by atoms with Gasteiger partial charge in [0.1, 0.15) is 5.56 Å². The van der Waals surface area contributed by atoms with Gasteiger partial charge in [-0.15, -0.1) is 0 Å². The van der Waals surface area contributed by atoms with Gasteiger partial charge in [-0.1, -0.05) is 35.6 Å². The fourth-order valence-electron chi connectivity index (χ4n) is 3.82. The van der Waals surface area contributed by atoms with Gasteiger partial charge in [-0.3, -0.25) is 24.6 Å². The maximum Gasteiger partial charge on any atom is 0.420 e. The number of ether oxygens (including phenoxy) is 1. The van der Waals surface area contributed by atoms with Crippen molar-refractivity contribution >= 4 is 56.8 Å². The summed E-state index contributed by atoms with van der Waals surface area (Å²) in [6.07, 6.45) is -3.75. The Bertz CT molecular complexity index is 1530. The zero-order chi connectivity index (χ0) is 26.9. The Morgan fingerprint density at radius 1 is 1.16 bits per heavy atom. The van der Waals surface area contributed by atoms with E-state index >= 15 is 0 Å². The van der Waals surface area contributed by atoms with E-state index in [1.54, 1.807) is 47.2 Å². The number of hydrogen-bond acceptors (Lipinski definition) is 7. The van der Waals surface area contributed by atoms with Crippen LogP contribution >= 0.6 is 11.3 Å². The number of rotatable bonds is 6. The van der Waals surface area contributed by atoms with Crippen molar-refractivity contribution in [3.05, 3.63) is 81.3 Å². The number of nitrogens with zero attached hydrogens (tertiary/aromatic N) is 3. The van der Waals surface area contributed by atoms with Gasteiger partial charge in [0.2, 0.25) is 0 Å². The highest BCUT2D eigenvalue weighted by Gasteiger charge is 2.47. The Labute approximate surface area is 210 Å². The van der Waals surface area contributed by atoms with Crippen molar-refractivity contribution < 1.29 is 37.2 Å². The van der Waals surface area contributed by atoms with Crippen molar-refractivity contribution in [2.45, 2.75) is 13.1 Å². The van der Waals surface area contributed by atoms with E-state index in [2.05, 4.69) is 0 Å². The Morgan fingerprint density at radius 3 is 2.46 bits per heavy atom. The molecule has 4 rings (SSSR count). The Balaban J connectivity index is 2.04. The van der Waals surface area contributed by atoms with Gasteiger partial charge >= 0.3 is 23.1 Å². The van der Waals surface area contributed by atoms with Gasteiger partial charge in [-0.2, -0.15) is 13.2 Å². The predicted octanol–water partition coefficient (Wildman–Crippen LogP) is 5.66. The lowest BCUT2D eigenvalue weighted by Crippen LogP contribution is -2.35. The number of aromatic nitrogens is 1. The Morgan fingerprint density at radius 2 is 1.86 bits per heavy atom. The van der Waals surface area contributed by atoms with Crippen molar-refractivity contribution in [1.82, 2.24) is 4.57 Å². The lowest BCUT2D eigenvalue weighted by molar-refractivity contribution is -0.379. The first-order chi connectivity index (χ1) is 17.6. The van der Waals surface area contributed by atoms with E-state index in [9.17, 15) is 37.7 Å². The Kier molecular flexibility index (Phi) is 6.81. The van der Waals surface area contributed by atoms with Crippen LogP contribution in [0.5, 0.6) is 0 Å². The summed E-state index contributed by atoms with van der Waals surface area (Å²) in [7, 11) is 0. The van der Waals surface area contributed by atoms with Crippen LogP contribution < -0.4 is 4.90 Å². The topological polar surface area (TPSA) is 112 Å².